The molecule has 2 rings (SSSR count). The van der Waals surface area contributed by atoms with E-state index in [2.05, 4.69) is 49.4 Å². The number of carbonyl (C=O) groups is 1. The zero-order valence-corrected chi connectivity index (χ0v) is 15.3. The lowest BCUT2D eigenvalue weighted by Gasteiger charge is -2.47. The van der Waals surface area contributed by atoms with E-state index in [-0.39, 0.29) is 11.0 Å². The lowest BCUT2D eigenvalue weighted by Crippen LogP contribution is -2.56. The molecule has 2 heterocycles. The minimum atomic E-state index is -0.274. The van der Waals surface area contributed by atoms with Crippen molar-refractivity contribution in [2.45, 2.75) is 58.9 Å². The van der Waals surface area contributed by atoms with Gasteiger partial charge in [0.25, 0.3) is 0 Å². The van der Waals surface area contributed by atoms with Gasteiger partial charge in [0, 0.05) is 50.2 Å². The van der Waals surface area contributed by atoms with Crippen LogP contribution in [0.2, 0.25) is 0 Å². The number of nitrogens with zero attached hydrogens (tertiary/aromatic N) is 3. The van der Waals surface area contributed by atoms with Crippen LogP contribution in [0.4, 0.5) is 0 Å². The third-order valence-corrected chi connectivity index (χ3v) is 5.46. The molecule has 0 N–H and O–H groups in total. The molecule has 128 valence electrons. The van der Waals surface area contributed by atoms with Crippen LogP contribution in [0.5, 0.6) is 0 Å². The zero-order chi connectivity index (χ0) is 16.4. The first-order chi connectivity index (χ1) is 10.2. The molecule has 1 amide bonds. The molecule has 0 atom stereocenters. The maximum Gasteiger partial charge on any atom is 0.228 e. The number of piperidine rings is 1. The highest BCUT2D eigenvalue weighted by atomic mass is 16.2. The van der Waals surface area contributed by atoms with Crippen LogP contribution in [0.25, 0.3) is 0 Å². The van der Waals surface area contributed by atoms with Crippen molar-refractivity contribution < 1.29 is 4.79 Å². The van der Waals surface area contributed by atoms with Gasteiger partial charge in [-0.15, -0.1) is 0 Å². The maximum atomic E-state index is 12.9. The third-order valence-electron chi connectivity index (χ3n) is 5.46. The van der Waals surface area contributed by atoms with Crippen molar-refractivity contribution in [3.8, 4) is 0 Å². The topological polar surface area (TPSA) is 26.8 Å². The van der Waals surface area contributed by atoms with Gasteiger partial charge in [-0.3, -0.25) is 9.69 Å². The Kier molecular flexibility index (Phi) is 5.54. The van der Waals surface area contributed by atoms with E-state index in [1.807, 2.05) is 0 Å². The van der Waals surface area contributed by atoms with Gasteiger partial charge in [-0.25, -0.2) is 0 Å². The maximum absolute atomic E-state index is 12.9. The minimum Gasteiger partial charge on any atom is -0.342 e. The fourth-order valence-electron chi connectivity index (χ4n) is 4.21. The van der Waals surface area contributed by atoms with E-state index in [4.69, 9.17) is 0 Å². The van der Waals surface area contributed by atoms with Crippen LogP contribution in [-0.2, 0) is 4.79 Å². The highest BCUT2D eigenvalue weighted by Crippen LogP contribution is 2.34. The number of carbonyl (C=O) groups excluding carboxylic acids is 1. The van der Waals surface area contributed by atoms with E-state index in [1.54, 1.807) is 0 Å². The summed E-state index contributed by atoms with van der Waals surface area (Å²) in [5, 5.41) is 0. The molecule has 0 saturated carbocycles. The fourth-order valence-corrected chi connectivity index (χ4v) is 4.21. The van der Waals surface area contributed by atoms with Crippen LogP contribution in [0, 0.1) is 5.41 Å². The summed E-state index contributed by atoms with van der Waals surface area (Å²) in [6, 6.07) is 0. The Hall–Kier alpha value is -0.610. The Morgan fingerprint density at radius 3 is 1.95 bits per heavy atom. The quantitative estimate of drug-likeness (QED) is 0.798. The van der Waals surface area contributed by atoms with Gasteiger partial charge in [0.2, 0.25) is 5.91 Å². The van der Waals surface area contributed by atoms with Crippen molar-refractivity contribution in [1.29, 1.82) is 0 Å². The van der Waals surface area contributed by atoms with Crippen LogP contribution in [0.1, 0.15) is 53.4 Å². The largest absolute Gasteiger partial charge is 0.342 e. The van der Waals surface area contributed by atoms with Crippen molar-refractivity contribution in [2.24, 2.45) is 5.41 Å². The number of likely N-dealkylation sites (tertiary alicyclic amines) is 1. The average molecular weight is 309 g/mol. The zero-order valence-electron chi connectivity index (χ0n) is 15.3. The molecule has 0 aromatic carbocycles. The summed E-state index contributed by atoms with van der Waals surface area (Å²) in [4.78, 5) is 20.0. The Labute approximate surface area is 136 Å². The van der Waals surface area contributed by atoms with Crippen LogP contribution < -0.4 is 0 Å². The van der Waals surface area contributed by atoms with E-state index < -0.39 is 0 Å². The first-order valence-electron chi connectivity index (χ1n) is 8.95. The molecule has 0 radical (unpaired) electrons. The van der Waals surface area contributed by atoms with Crippen LogP contribution in [0.15, 0.2) is 0 Å². The van der Waals surface area contributed by atoms with E-state index in [0.29, 0.717) is 5.91 Å². The van der Waals surface area contributed by atoms with Gasteiger partial charge in [-0.05, 0) is 46.6 Å². The Morgan fingerprint density at radius 2 is 1.41 bits per heavy atom. The summed E-state index contributed by atoms with van der Waals surface area (Å²) in [5.74, 6) is 0.356. The lowest BCUT2D eigenvalue weighted by molar-refractivity contribution is -0.143. The highest BCUT2D eigenvalue weighted by Gasteiger charge is 2.40. The summed E-state index contributed by atoms with van der Waals surface area (Å²) < 4.78 is 0. The molecule has 2 aliphatic rings. The van der Waals surface area contributed by atoms with Gasteiger partial charge < -0.3 is 9.80 Å². The van der Waals surface area contributed by atoms with E-state index in [0.717, 1.165) is 45.7 Å². The average Bonchev–Trinajstić information content (AvgIpc) is 2.46. The SMILES string of the molecule is CN1CCN(C(C)(C)CC(C)(C)C(=O)N2CCCCC2)CC1. The van der Waals surface area contributed by atoms with Crippen LogP contribution in [-0.4, -0.2) is 72.5 Å². The van der Waals surface area contributed by atoms with Crippen molar-refractivity contribution >= 4 is 5.91 Å². The van der Waals surface area contributed by atoms with Crippen LogP contribution >= 0.6 is 0 Å². The third kappa shape index (κ3) is 4.23. The van der Waals surface area contributed by atoms with Crippen molar-refractivity contribution in [3.63, 3.8) is 0 Å². The van der Waals surface area contributed by atoms with E-state index >= 15 is 0 Å². The summed E-state index contributed by atoms with van der Waals surface area (Å²) in [5.41, 5.74) is -0.194. The molecule has 0 aliphatic carbocycles. The second-order valence-corrected chi connectivity index (χ2v) is 8.52. The second kappa shape index (κ2) is 6.88. The molecule has 2 saturated heterocycles. The molecule has 2 aliphatic heterocycles. The molecule has 22 heavy (non-hydrogen) atoms. The summed E-state index contributed by atoms with van der Waals surface area (Å²) >= 11 is 0. The van der Waals surface area contributed by atoms with Gasteiger partial charge in [0.15, 0.2) is 0 Å². The summed E-state index contributed by atoms with van der Waals surface area (Å²) in [6.45, 7) is 15.3. The van der Waals surface area contributed by atoms with Gasteiger partial charge in [0.1, 0.15) is 0 Å². The predicted octanol–water partition coefficient (Wildman–Crippen LogP) is 2.44. The molecular formula is C18H35N3O. The second-order valence-electron chi connectivity index (χ2n) is 8.52. The monoisotopic (exact) mass is 309 g/mol. The molecule has 2 fully saturated rings. The molecule has 0 bridgehead atoms. The number of rotatable bonds is 4. The van der Waals surface area contributed by atoms with Crippen molar-refractivity contribution in [3.05, 3.63) is 0 Å². The number of amides is 1. The predicted molar refractivity (Wildman–Crippen MR) is 92.0 cm³/mol. The number of piperazine rings is 1. The molecule has 0 spiro atoms. The summed E-state index contributed by atoms with van der Waals surface area (Å²) in [7, 11) is 2.19. The van der Waals surface area contributed by atoms with Gasteiger partial charge in [0.05, 0.1) is 0 Å². The fraction of sp³-hybridized carbons (Fsp3) is 0.944. The van der Waals surface area contributed by atoms with Gasteiger partial charge in [-0.2, -0.15) is 0 Å². The lowest BCUT2D eigenvalue weighted by atomic mass is 9.77. The van der Waals surface area contributed by atoms with Crippen LogP contribution in [0.3, 0.4) is 0 Å². The van der Waals surface area contributed by atoms with E-state index in [1.165, 1.54) is 19.3 Å². The summed E-state index contributed by atoms with van der Waals surface area (Å²) in [6.07, 6.45) is 4.55. The Morgan fingerprint density at radius 1 is 0.864 bits per heavy atom. The van der Waals surface area contributed by atoms with E-state index in [9.17, 15) is 4.79 Å². The number of hydrogen-bond donors (Lipinski definition) is 0. The van der Waals surface area contributed by atoms with Crippen molar-refractivity contribution in [1.82, 2.24) is 14.7 Å². The van der Waals surface area contributed by atoms with Crippen molar-refractivity contribution in [2.75, 3.05) is 46.3 Å². The normalized spacial score (nSPS) is 22.9. The first kappa shape index (κ1) is 17.7. The highest BCUT2D eigenvalue weighted by molar-refractivity contribution is 5.82. The molecular weight excluding hydrogens is 274 g/mol. The Balaban J connectivity index is 1.97. The van der Waals surface area contributed by atoms with Gasteiger partial charge in [-0.1, -0.05) is 13.8 Å². The number of likely N-dealkylation sites (N-methyl/N-ethyl adjacent to an activating group) is 1. The van der Waals surface area contributed by atoms with Gasteiger partial charge >= 0.3 is 0 Å². The molecule has 4 heteroatoms. The number of hydrogen-bond acceptors (Lipinski definition) is 3. The smallest absolute Gasteiger partial charge is 0.228 e. The first-order valence-corrected chi connectivity index (χ1v) is 8.95. The minimum absolute atomic E-state index is 0.0796. The standard InChI is InChI=1S/C18H35N3O/c1-17(2,16(22)20-9-7-6-8-10-20)15-18(3,4)21-13-11-19(5)12-14-21/h6-15H2,1-5H3. The molecule has 0 unspecified atom stereocenters. The molecule has 0 aromatic rings. The molecule has 4 nitrogen and oxygen atoms in total. The molecule has 0 aromatic heterocycles. The Bertz CT molecular complexity index is 378.